The van der Waals surface area contributed by atoms with Crippen molar-refractivity contribution in [3.05, 3.63) is 35.9 Å². The largest absolute Gasteiger partial charge is 0.395 e. The van der Waals surface area contributed by atoms with Gasteiger partial charge >= 0.3 is 6.03 Å². The number of nitrogens with zero attached hydrogens (tertiary/aromatic N) is 2. The van der Waals surface area contributed by atoms with Gasteiger partial charge in [-0.1, -0.05) is 62.4 Å². The van der Waals surface area contributed by atoms with Crippen LogP contribution in [0.4, 0.5) is 4.79 Å². The van der Waals surface area contributed by atoms with Crippen LogP contribution in [-0.2, 0) is 0 Å². The number of carbonyl (C=O) groups excluding carboxylic acids is 1. The van der Waals surface area contributed by atoms with Crippen molar-refractivity contribution in [2.75, 3.05) is 26.2 Å². The average Bonchev–Trinajstić information content (AvgIpc) is 3.25. The molecule has 2 aliphatic carbocycles. The number of hydrogen-bond acceptors (Lipinski definition) is 3. The Kier molecular flexibility index (Phi) is 5.76. The van der Waals surface area contributed by atoms with E-state index in [0.29, 0.717) is 12.0 Å². The molecule has 2 amide bonds. The summed E-state index contributed by atoms with van der Waals surface area (Å²) in [4.78, 5) is 17.5. The Balaban J connectivity index is 1.31. The first-order chi connectivity index (χ1) is 14.7. The summed E-state index contributed by atoms with van der Waals surface area (Å²) in [5.41, 5.74) is 1.31. The third-order valence-corrected chi connectivity index (χ3v) is 8.36. The predicted octanol–water partition coefficient (Wildman–Crippen LogP) is 3.73. The number of carbonyl (C=O) groups is 1. The van der Waals surface area contributed by atoms with Crippen LogP contribution in [0, 0.1) is 5.92 Å². The molecule has 2 saturated heterocycles. The van der Waals surface area contributed by atoms with Crippen molar-refractivity contribution >= 4 is 6.03 Å². The van der Waals surface area contributed by atoms with Gasteiger partial charge in [0.15, 0.2) is 0 Å². The second kappa shape index (κ2) is 8.51. The second-order valence-electron chi connectivity index (χ2n) is 10.2. The van der Waals surface area contributed by atoms with E-state index in [4.69, 9.17) is 0 Å². The molecule has 1 aromatic rings. The van der Waals surface area contributed by atoms with Crippen LogP contribution in [0.5, 0.6) is 0 Å². The van der Waals surface area contributed by atoms with Gasteiger partial charge in [-0.25, -0.2) is 4.79 Å². The fourth-order valence-electron chi connectivity index (χ4n) is 6.80. The number of benzene rings is 1. The van der Waals surface area contributed by atoms with Crippen molar-refractivity contribution in [2.24, 2.45) is 5.92 Å². The maximum Gasteiger partial charge on any atom is 0.317 e. The van der Waals surface area contributed by atoms with Crippen molar-refractivity contribution in [1.82, 2.24) is 15.1 Å². The molecule has 2 saturated carbocycles. The predicted molar refractivity (Wildman–Crippen MR) is 118 cm³/mol. The lowest BCUT2D eigenvalue weighted by Gasteiger charge is -2.71. The molecule has 4 aliphatic rings. The summed E-state index contributed by atoms with van der Waals surface area (Å²) in [6.07, 6.45) is 11.3. The van der Waals surface area contributed by atoms with E-state index in [2.05, 4.69) is 40.5 Å². The van der Waals surface area contributed by atoms with Crippen LogP contribution >= 0.6 is 0 Å². The summed E-state index contributed by atoms with van der Waals surface area (Å²) in [5.74, 6) is 1.06. The minimum absolute atomic E-state index is 0.00123. The van der Waals surface area contributed by atoms with Crippen molar-refractivity contribution in [3.8, 4) is 0 Å². The standard InChI is InChI=1S/C25H37N3O2/c29-16-22-23(20-11-3-1-4-12-20)25(28(22)15-19-9-7-8-10-19)17-27(18-25)24(30)26-21-13-5-2-6-14-21/h1,3-4,11-12,19,21-23,29H,2,5-10,13-18H2,(H,26,30)/t22-,23+/m1/s1. The Morgan fingerprint density at radius 1 is 1.00 bits per heavy atom. The number of nitrogens with one attached hydrogen (secondary N) is 1. The van der Waals surface area contributed by atoms with Crippen molar-refractivity contribution < 1.29 is 9.90 Å². The van der Waals surface area contributed by atoms with Crippen molar-refractivity contribution in [3.63, 3.8) is 0 Å². The Morgan fingerprint density at radius 3 is 2.33 bits per heavy atom. The first-order valence-corrected chi connectivity index (χ1v) is 12.2. The monoisotopic (exact) mass is 411 g/mol. The van der Waals surface area contributed by atoms with Crippen LogP contribution in [0.3, 0.4) is 0 Å². The molecule has 0 unspecified atom stereocenters. The minimum Gasteiger partial charge on any atom is -0.395 e. The molecular weight excluding hydrogens is 374 g/mol. The highest BCUT2D eigenvalue weighted by Gasteiger charge is 2.66. The van der Waals surface area contributed by atoms with Gasteiger partial charge in [0.1, 0.15) is 0 Å². The summed E-state index contributed by atoms with van der Waals surface area (Å²) in [6.45, 7) is 2.84. The smallest absolute Gasteiger partial charge is 0.317 e. The average molecular weight is 412 g/mol. The minimum atomic E-state index is 0.00123. The highest BCUT2D eigenvalue weighted by atomic mass is 16.3. The maximum atomic E-state index is 12.9. The van der Waals surface area contributed by atoms with E-state index in [1.807, 2.05) is 4.90 Å². The lowest BCUT2D eigenvalue weighted by atomic mass is 9.60. The Labute approximate surface area is 180 Å². The van der Waals surface area contributed by atoms with E-state index >= 15 is 0 Å². The number of amides is 2. The Morgan fingerprint density at radius 2 is 1.67 bits per heavy atom. The molecule has 5 heteroatoms. The number of hydrogen-bond donors (Lipinski definition) is 2. The molecule has 5 rings (SSSR count). The third kappa shape index (κ3) is 3.54. The highest BCUT2D eigenvalue weighted by molar-refractivity contribution is 5.76. The van der Waals surface area contributed by atoms with Gasteiger partial charge in [0.05, 0.1) is 12.1 Å². The number of aliphatic hydroxyl groups is 1. The first kappa shape index (κ1) is 20.3. The summed E-state index contributed by atoms with van der Waals surface area (Å²) in [6, 6.07) is 11.3. The zero-order chi connectivity index (χ0) is 20.6. The fourth-order valence-corrected chi connectivity index (χ4v) is 6.80. The summed E-state index contributed by atoms with van der Waals surface area (Å²) >= 11 is 0. The molecule has 0 bridgehead atoms. The molecule has 1 aromatic carbocycles. The molecule has 0 radical (unpaired) electrons. The van der Waals surface area contributed by atoms with Gasteiger partial charge in [-0.15, -0.1) is 0 Å². The van der Waals surface area contributed by atoms with Crippen LogP contribution in [-0.4, -0.2) is 64.8 Å². The third-order valence-electron chi connectivity index (χ3n) is 8.36. The van der Waals surface area contributed by atoms with Gasteiger partial charge in [0.2, 0.25) is 0 Å². The van der Waals surface area contributed by atoms with Gasteiger partial charge in [-0.05, 0) is 37.2 Å². The van der Waals surface area contributed by atoms with Gasteiger partial charge in [0.25, 0.3) is 0 Å². The number of aliphatic hydroxyl groups excluding tert-OH is 1. The zero-order valence-electron chi connectivity index (χ0n) is 18.1. The van der Waals surface area contributed by atoms with Crippen LogP contribution in [0.25, 0.3) is 0 Å². The summed E-state index contributed by atoms with van der Waals surface area (Å²) < 4.78 is 0. The molecule has 5 nitrogen and oxygen atoms in total. The molecule has 2 atom stereocenters. The van der Waals surface area contributed by atoms with Gasteiger partial charge in [-0.3, -0.25) is 4.90 Å². The fraction of sp³-hybridized carbons (Fsp3) is 0.720. The number of urea groups is 1. The van der Waals surface area contributed by atoms with E-state index in [1.165, 1.54) is 50.5 Å². The first-order valence-electron chi connectivity index (χ1n) is 12.2. The highest BCUT2D eigenvalue weighted by Crippen LogP contribution is 2.54. The van der Waals surface area contributed by atoms with Gasteiger partial charge in [-0.2, -0.15) is 0 Å². The van der Waals surface area contributed by atoms with E-state index in [0.717, 1.165) is 38.4 Å². The van der Waals surface area contributed by atoms with Gasteiger partial charge in [0, 0.05) is 37.6 Å². The molecular formula is C25H37N3O2. The molecule has 0 aromatic heterocycles. The molecule has 2 heterocycles. The normalized spacial score (nSPS) is 29.6. The second-order valence-corrected chi connectivity index (χ2v) is 10.2. The van der Waals surface area contributed by atoms with Crippen LogP contribution < -0.4 is 5.32 Å². The Hall–Kier alpha value is -1.59. The van der Waals surface area contributed by atoms with Crippen molar-refractivity contribution in [2.45, 2.75) is 81.3 Å². The van der Waals surface area contributed by atoms with Crippen molar-refractivity contribution in [1.29, 1.82) is 0 Å². The van der Waals surface area contributed by atoms with E-state index < -0.39 is 0 Å². The van der Waals surface area contributed by atoms with Crippen LogP contribution in [0.15, 0.2) is 30.3 Å². The molecule has 4 fully saturated rings. The van der Waals surface area contributed by atoms with E-state index in [9.17, 15) is 9.90 Å². The maximum absolute atomic E-state index is 12.9. The van der Waals surface area contributed by atoms with E-state index in [1.54, 1.807) is 0 Å². The van der Waals surface area contributed by atoms with Gasteiger partial charge < -0.3 is 15.3 Å². The van der Waals surface area contributed by atoms with E-state index in [-0.39, 0.29) is 24.2 Å². The molecule has 1 spiro atoms. The lowest BCUT2D eigenvalue weighted by Crippen LogP contribution is -2.85. The summed E-state index contributed by atoms with van der Waals surface area (Å²) in [7, 11) is 0. The SMILES string of the molecule is O=C(NC1CCCCC1)N1CC2(C1)[C@@H](c1ccccc1)[C@@H](CO)N2CC1CCCC1. The van der Waals surface area contributed by atoms with Crippen LogP contribution in [0.1, 0.15) is 69.3 Å². The zero-order valence-corrected chi connectivity index (χ0v) is 18.1. The quantitative estimate of drug-likeness (QED) is 0.776. The molecule has 164 valence electrons. The lowest BCUT2D eigenvalue weighted by molar-refractivity contribution is -0.183. The topological polar surface area (TPSA) is 55.8 Å². The van der Waals surface area contributed by atoms with Crippen LogP contribution in [0.2, 0.25) is 0 Å². The molecule has 30 heavy (non-hydrogen) atoms. The molecule has 2 aliphatic heterocycles. The summed E-state index contributed by atoms with van der Waals surface area (Å²) in [5, 5.41) is 13.6. The number of rotatable bonds is 5. The molecule has 2 N–H and O–H groups in total. The Bertz CT molecular complexity index is 721. The number of likely N-dealkylation sites (tertiary alicyclic amines) is 2.